The fourth-order valence-electron chi connectivity index (χ4n) is 2.82. The summed E-state index contributed by atoms with van der Waals surface area (Å²) in [6.07, 6.45) is -2.72. The van der Waals surface area contributed by atoms with Crippen LogP contribution in [-0.4, -0.2) is 49.2 Å². The molecule has 30 heavy (non-hydrogen) atoms. The summed E-state index contributed by atoms with van der Waals surface area (Å²) in [5.41, 5.74) is 1.52. The number of aliphatic hydroxyl groups is 2. The Morgan fingerprint density at radius 1 is 0.667 bits per heavy atom. The molecule has 0 fully saturated rings. The first-order valence-corrected chi connectivity index (χ1v) is 10.3. The highest BCUT2D eigenvalue weighted by Gasteiger charge is 2.16. The fourth-order valence-corrected chi connectivity index (χ4v) is 2.82. The number of benzene rings is 2. The Bertz CT molecular complexity index is 618. The summed E-state index contributed by atoms with van der Waals surface area (Å²) >= 11 is 0. The lowest BCUT2D eigenvalue weighted by molar-refractivity contribution is -0.0376. The first-order valence-electron chi connectivity index (χ1n) is 10.3. The van der Waals surface area contributed by atoms with Gasteiger partial charge in [0, 0.05) is 26.3 Å². The van der Waals surface area contributed by atoms with E-state index in [0.717, 1.165) is 11.1 Å². The van der Waals surface area contributed by atoms with Crippen molar-refractivity contribution in [3.63, 3.8) is 0 Å². The SMILES string of the molecule is CCOC(NCCNC(NC(O)c1ccccc1)OCC)NC(O)c1ccccc1. The average molecular weight is 419 g/mol. The highest BCUT2D eigenvalue weighted by Crippen LogP contribution is 2.10. The van der Waals surface area contributed by atoms with E-state index in [1.807, 2.05) is 74.5 Å². The molecule has 0 aromatic heterocycles. The molecule has 0 heterocycles. The van der Waals surface area contributed by atoms with E-state index < -0.39 is 25.2 Å². The van der Waals surface area contributed by atoms with Crippen molar-refractivity contribution in [3.8, 4) is 0 Å². The minimum Gasteiger partial charge on any atom is -0.374 e. The molecule has 0 radical (unpaired) electrons. The van der Waals surface area contributed by atoms with Crippen LogP contribution in [0.1, 0.15) is 37.4 Å². The quantitative estimate of drug-likeness (QED) is 0.190. The van der Waals surface area contributed by atoms with Gasteiger partial charge in [-0.2, -0.15) is 0 Å². The van der Waals surface area contributed by atoms with Crippen LogP contribution in [0.25, 0.3) is 0 Å². The molecule has 4 atom stereocenters. The molecule has 4 unspecified atom stereocenters. The van der Waals surface area contributed by atoms with Gasteiger partial charge in [-0.25, -0.2) is 0 Å². The zero-order chi connectivity index (χ0) is 21.6. The van der Waals surface area contributed by atoms with E-state index in [-0.39, 0.29) is 0 Å². The summed E-state index contributed by atoms with van der Waals surface area (Å²) < 4.78 is 11.2. The van der Waals surface area contributed by atoms with E-state index in [0.29, 0.717) is 26.3 Å². The molecule has 2 aromatic carbocycles. The summed E-state index contributed by atoms with van der Waals surface area (Å²) in [6, 6.07) is 18.7. The molecule has 8 heteroatoms. The largest absolute Gasteiger partial charge is 0.374 e. The summed E-state index contributed by atoms with van der Waals surface area (Å²) in [7, 11) is 0. The van der Waals surface area contributed by atoms with Crippen molar-refractivity contribution in [3.05, 3.63) is 71.8 Å². The maximum absolute atomic E-state index is 10.3. The molecule has 0 aliphatic rings. The van der Waals surface area contributed by atoms with E-state index in [1.165, 1.54) is 0 Å². The number of nitrogens with one attached hydrogen (secondary N) is 4. The lowest BCUT2D eigenvalue weighted by Crippen LogP contribution is -2.51. The molecule has 0 amide bonds. The van der Waals surface area contributed by atoms with Gasteiger partial charge in [-0.3, -0.25) is 21.3 Å². The Hall–Kier alpha value is -1.88. The number of ether oxygens (including phenoxy) is 2. The summed E-state index contributed by atoms with van der Waals surface area (Å²) in [5, 5.41) is 33.1. The molecule has 8 nitrogen and oxygen atoms in total. The number of hydrogen-bond acceptors (Lipinski definition) is 8. The van der Waals surface area contributed by atoms with Gasteiger partial charge in [0.2, 0.25) is 0 Å². The van der Waals surface area contributed by atoms with Gasteiger partial charge in [-0.1, -0.05) is 60.7 Å². The van der Waals surface area contributed by atoms with Gasteiger partial charge in [-0.05, 0) is 25.0 Å². The van der Waals surface area contributed by atoms with Crippen LogP contribution in [0.5, 0.6) is 0 Å². The summed E-state index contributed by atoms with van der Waals surface area (Å²) in [5.74, 6) is 0. The molecule has 166 valence electrons. The van der Waals surface area contributed by atoms with Crippen molar-refractivity contribution in [2.75, 3.05) is 26.3 Å². The third-order valence-electron chi connectivity index (χ3n) is 4.30. The molecule has 0 bridgehead atoms. The van der Waals surface area contributed by atoms with Crippen molar-refractivity contribution in [1.29, 1.82) is 0 Å². The smallest absolute Gasteiger partial charge is 0.165 e. The van der Waals surface area contributed by atoms with Crippen LogP contribution in [0.2, 0.25) is 0 Å². The molecule has 0 saturated carbocycles. The van der Waals surface area contributed by atoms with Crippen molar-refractivity contribution in [1.82, 2.24) is 21.3 Å². The molecule has 0 spiro atoms. The fraction of sp³-hybridized carbons (Fsp3) is 0.455. The molecule has 2 rings (SSSR count). The van der Waals surface area contributed by atoms with E-state index in [1.54, 1.807) is 0 Å². The molecule has 6 N–H and O–H groups in total. The molecule has 0 aliphatic heterocycles. The predicted octanol–water partition coefficient (Wildman–Crippen LogP) is 1.37. The highest BCUT2D eigenvalue weighted by atomic mass is 16.5. The van der Waals surface area contributed by atoms with Crippen molar-refractivity contribution >= 4 is 0 Å². The first-order chi connectivity index (χ1) is 14.6. The van der Waals surface area contributed by atoms with E-state index in [2.05, 4.69) is 21.3 Å². The Labute approximate surface area is 178 Å². The lowest BCUT2D eigenvalue weighted by Gasteiger charge is -2.26. The number of hydrogen-bond donors (Lipinski definition) is 6. The molecular weight excluding hydrogens is 384 g/mol. The van der Waals surface area contributed by atoms with Crippen molar-refractivity contribution in [2.45, 2.75) is 39.0 Å². The second-order valence-electron chi connectivity index (χ2n) is 6.54. The number of rotatable bonds is 15. The average Bonchev–Trinajstić information content (AvgIpc) is 2.78. The Morgan fingerprint density at radius 3 is 1.37 bits per heavy atom. The maximum atomic E-state index is 10.3. The monoisotopic (exact) mass is 418 g/mol. The number of aliphatic hydroxyl groups excluding tert-OH is 2. The maximum Gasteiger partial charge on any atom is 0.165 e. The first kappa shape index (κ1) is 24.4. The zero-order valence-corrected chi connectivity index (χ0v) is 17.6. The summed E-state index contributed by atoms with van der Waals surface area (Å²) in [6.45, 7) is 5.86. The van der Waals surface area contributed by atoms with Crippen LogP contribution in [0, 0.1) is 0 Å². The Kier molecular flexibility index (Phi) is 11.5. The van der Waals surface area contributed by atoms with Crippen molar-refractivity contribution < 1.29 is 19.7 Å². The normalized spacial score (nSPS) is 15.5. The van der Waals surface area contributed by atoms with Gasteiger partial charge in [0.25, 0.3) is 0 Å². The molecule has 2 aromatic rings. The van der Waals surface area contributed by atoms with Gasteiger partial charge in [0.15, 0.2) is 12.7 Å². The molecule has 0 aliphatic carbocycles. The standard InChI is InChI=1S/C22H34N4O4/c1-3-29-21(25-19(27)17-11-7-5-8-12-17)23-15-16-24-22(30-4-2)26-20(28)18-13-9-6-10-14-18/h5-14,19-28H,3-4,15-16H2,1-2H3. The van der Waals surface area contributed by atoms with Crippen LogP contribution in [-0.2, 0) is 9.47 Å². The topological polar surface area (TPSA) is 107 Å². The van der Waals surface area contributed by atoms with Gasteiger partial charge in [-0.15, -0.1) is 0 Å². The second kappa shape index (κ2) is 14.2. The highest BCUT2D eigenvalue weighted by molar-refractivity contribution is 5.17. The van der Waals surface area contributed by atoms with Crippen LogP contribution in [0.4, 0.5) is 0 Å². The van der Waals surface area contributed by atoms with Gasteiger partial charge >= 0.3 is 0 Å². The Balaban J connectivity index is 1.77. The van der Waals surface area contributed by atoms with Crippen LogP contribution in [0.15, 0.2) is 60.7 Å². The third-order valence-corrected chi connectivity index (χ3v) is 4.30. The molecular formula is C22H34N4O4. The van der Waals surface area contributed by atoms with Crippen LogP contribution in [0.3, 0.4) is 0 Å². The zero-order valence-electron chi connectivity index (χ0n) is 17.6. The lowest BCUT2D eigenvalue weighted by atomic mass is 10.2. The van der Waals surface area contributed by atoms with E-state index in [9.17, 15) is 10.2 Å². The minimum absolute atomic E-state index is 0.492. The van der Waals surface area contributed by atoms with Gasteiger partial charge in [0.1, 0.15) is 12.5 Å². The van der Waals surface area contributed by atoms with Crippen molar-refractivity contribution in [2.24, 2.45) is 0 Å². The molecule has 0 saturated heterocycles. The third kappa shape index (κ3) is 8.86. The van der Waals surface area contributed by atoms with Crippen LogP contribution < -0.4 is 21.3 Å². The van der Waals surface area contributed by atoms with Gasteiger partial charge in [0.05, 0.1) is 0 Å². The van der Waals surface area contributed by atoms with E-state index >= 15 is 0 Å². The van der Waals surface area contributed by atoms with Gasteiger partial charge < -0.3 is 19.7 Å². The predicted molar refractivity (Wildman–Crippen MR) is 116 cm³/mol. The summed E-state index contributed by atoms with van der Waals surface area (Å²) in [4.78, 5) is 0. The van der Waals surface area contributed by atoms with Crippen LogP contribution >= 0.6 is 0 Å². The Morgan fingerprint density at radius 2 is 1.03 bits per heavy atom. The minimum atomic E-state index is -0.845. The van der Waals surface area contributed by atoms with E-state index in [4.69, 9.17) is 9.47 Å². The second-order valence-corrected chi connectivity index (χ2v) is 6.54.